The maximum atomic E-state index is 12.3. The van der Waals surface area contributed by atoms with E-state index in [-0.39, 0.29) is 30.1 Å². The Bertz CT molecular complexity index is 1050. The summed E-state index contributed by atoms with van der Waals surface area (Å²) < 4.78 is 7.34. The topological polar surface area (TPSA) is 151 Å². The number of aryl methyl sites for hydroxylation is 1. The van der Waals surface area contributed by atoms with Crippen LogP contribution >= 0.6 is 0 Å². The Balaban J connectivity index is 1.86. The summed E-state index contributed by atoms with van der Waals surface area (Å²) in [5.41, 5.74) is 7.36. The second-order valence-electron chi connectivity index (χ2n) is 6.48. The summed E-state index contributed by atoms with van der Waals surface area (Å²) in [4.78, 5) is 23.3. The van der Waals surface area contributed by atoms with Crippen LogP contribution in [0, 0.1) is 6.92 Å². The van der Waals surface area contributed by atoms with Crippen LogP contribution < -0.4 is 16.6 Å². The van der Waals surface area contributed by atoms with E-state index in [2.05, 4.69) is 20.3 Å². The minimum Gasteiger partial charge on any atom is -0.394 e. The SMILES string of the molecule is Cc1ccccc1Nc1nc2c(=O)[nH]c(N)nc2n1[C@H]1CC(O)[C@@H](CO)O1. The van der Waals surface area contributed by atoms with Crippen molar-refractivity contribution in [2.45, 2.75) is 31.8 Å². The number of ether oxygens (including phenoxy) is 1. The molecule has 1 aliphatic rings. The van der Waals surface area contributed by atoms with E-state index in [0.717, 1.165) is 11.3 Å². The summed E-state index contributed by atoms with van der Waals surface area (Å²) in [6.07, 6.45) is -2.02. The third kappa shape index (κ3) is 3.03. The molecule has 3 atom stereocenters. The minimum atomic E-state index is -0.844. The number of aliphatic hydroxyl groups excluding tert-OH is 2. The molecule has 10 nitrogen and oxygen atoms in total. The van der Waals surface area contributed by atoms with Crippen molar-refractivity contribution >= 4 is 28.7 Å². The number of nitrogens with two attached hydrogens (primary N) is 1. The zero-order chi connectivity index (χ0) is 19.1. The van der Waals surface area contributed by atoms with Crippen LogP contribution in [0.5, 0.6) is 0 Å². The van der Waals surface area contributed by atoms with E-state index in [1.54, 1.807) is 4.57 Å². The van der Waals surface area contributed by atoms with Gasteiger partial charge in [0.15, 0.2) is 11.2 Å². The van der Waals surface area contributed by atoms with Crippen molar-refractivity contribution in [1.29, 1.82) is 0 Å². The summed E-state index contributed by atoms with van der Waals surface area (Å²) in [7, 11) is 0. The number of anilines is 3. The molecule has 0 radical (unpaired) electrons. The lowest BCUT2D eigenvalue weighted by Crippen LogP contribution is -2.24. The number of nitrogen functional groups attached to an aromatic ring is 1. The molecule has 27 heavy (non-hydrogen) atoms. The fourth-order valence-corrected chi connectivity index (χ4v) is 3.23. The highest BCUT2D eigenvalue weighted by Crippen LogP contribution is 2.34. The number of rotatable bonds is 4. The monoisotopic (exact) mass is 372 g/mol. The molecule has 3 heterocycles. The summed E-state index contributed by atoms with van der Waals surface area (Å²) in [6, 6.07) is 7.61. The van der Waals surface area contributed by atoms with Gasteiger partial charge in [-0.05, 0) is 18.6 Å². The average molecular weight is 372 g/mol. The van der Waals surface area contributed by atoms with E-state index in [1.807, 2.05) is 31.2 Å². The largest absolute Gasteiger partial charge is 0.394 e. The lowest BCUT2D eigenvalue weighted by Gasteiger charge is -2.17. The lowest BCUT2D eigenvalue weighted by atomic mass is 10.2. The molecule has 0 aliphatic carbocycles. The van der Waals surface area contributed by atoms with Gasteiger partial charge in [0.05, 0.1) is 12.7 Å². The quantitative estimate of drug-likeness (QED) is 0.441. The third-order valence-corrected chi connectivity index (χ3v) is 4.63. The van der Waals surface area contributed by atoms with Crippen molar-refractivity contribution in [2.24, 2.45) is 0 Å². The van der Waals surface area contributed by atoms with Crippen LogP contribution in [0.15, 0.2) is 29.1 Å². The van der Waals surface area contributed by atoms with Gasteiger partial charge in [-0.15, -0.1) is 0 Å². The first-order chi connectivity index (χ1) is 13.0. The van der Waals surface area contributed by atoms with Crippen LogP contribution in [0.1, 0.15) is 18.2 Å². The first kappa shape index (κ1) is 17.5. The standard InChI is InChI=1S/C17H20N6O4/c1-8-4-2-3-5-9(8)19-17-20-13-14(21-16(18)22-15(13)26)23(17)12-6-10(25)11(7-24)27-12/h2-5,10-12,24-25H,6-7H2,1H3,(H,19,20)(H3,18,21,22,26)/t10?,11-,12-/m1/s1. The number of fused-ring (bicyclic) bond motifs is 1. The predicted octanol–water partition coefficient (Wildman–Crippen LogP) is 0.395. The van der Waals surface area contributed by atoms with Crippen molar-refractivity contribution in [2.75, 3.05) is 17.7 Å². The second-order valence-corrected chi connectivity index (χ2v) is 6.48. The number of hydrogen-bond acceptors (Lipinski definition) is 8. The van der Waals surface area contributed by atoms with E-state index < -0.39 is 24.0 Å². The highest BCUT2D eigenvalue weighted by Gasteiger charge is 2.37. The Hall–Kier alpha value is -2.95. The second kappa shape index (κ2) is 6.65. The summed E-state index contributed by atoms with van der Waals surface area (Å²) in [5.74, 6) is 0.284. The maximum absolute atomic E-state index is 12.3. The summed E-state index contributed by atoms with van der Waals surface area (Å²) in [5, 5.41) is 22.7. The number of aromatic nitrogens is 4. The molecule has 6 N–H and O–H groups in total. The lowest BCUT2D eigenvalue weighted by molar-refractivity contribution is -0.0425. The minimum absolute atomic E-state index is 0.0478. The van der Waals surface area contributed by atoms with Crippen molar-refractivity contribution in [3.63, 3.8) is 0 Å². The molecule has 1 aromatic carbocycles. The number of benzene rings is 1. The number of hydrogen-bond donors (Lipinski definition) is 5. The van der Waals surface area contributed by atoms with Gasteiger partial charge in [-0.1, -0.05) is 18.2 Å². The van der Waals surface area contributed by atoms with Crippen LogP contribution in [0.4, 0.5) is 17.6 Å². The molecule has 4 rings (SSSR count). The molecule has 1 unspecified atom stereocenters. The zero-order valence-electron chi connectivity index (χ0n) is 14.6. The highest BCUT2D eigenvalue weighted by molar-refractivity contribution is 5.76. The van der Waals surface area contributed by atoms with E-state index >= 15 is 0 Å². The van der Waals surface area contributed by atoms with Gasteiger partial charge in [0.2, 0.25) is 11.9 Å². The fourth-order valence-electron chi connectivity index (χ4n) is 3.23. The molecule has 1 fully saturated rings. The molecule has 0 saturated carbocycles. The average Bonchev–Trinajstić information content (AvgIpc) is 3.17. The first-order valence-corrected chi connectivity index (χ1v) is 8.52. The Morgan fingerprint density at radius 1 is 1.41 bits per heavy atom. The predicted molar refractivity (Wildman–Crippen MR) is 98.6 cm³/mol. The molecule has 0 amide bonds. The third-order valence-electron chi connectivity index (χ3n) is 4.63. The molecular formula is C17H20N6O4. The molecule has 0 spiro atoms. The molecule has 0 bridgehead atoms. The molecule has 2 aromatic heterocycles. The fraction of sp³-hybridized carbons (Fsp3) is 0.353. The first-order valence-electron chi connectivity index (χ1n) is 8.52. The Morgan fingerprint density at radius 3 is 2.89 bits per heavy atom. The molecule has 3 aromatic rings. The van der Waals surface area contributed by atoms with Gasteiger partial charge in [-0.2, -0.15) is 4.98 Å². The van der Waals surface area contributed by atoms with Gasteiger partial charge in [-0.3, -0.25) is 14.3 Å². The van der Waals surface area contributed by atoms with Crippen LogP contribution in [0.3, 0.4) is 0 Å². The van der Waals surface area contributed by atoms with Crippen LogP contribution in [-0.4, -0.2) is 48.5 Å². The zero-order valence-corrected chi connectivity index (χ0v) is 14.6. The Labute approximate surface area is 153 Å². The van der Waals surface area contributed by atoms with Crippen molar-refractivity contribution in [1.82, 2.24) is 19.5 Å². The van der Waals surface area contributed by atoms with Crippen LogP contribution in [0.2, 0.25) is 0 Å². The van der Waals surface area contributed by atoms with Gasteiger partial charge in [0.25, 0.3) is 5.56 Å². The number of aromatic amines is 1. The molecule has 1 saturated heterocycles. The van der Waals surface area contributed by atoms with Crippen molar-refractivity contribution in [3.8, 4) is 0 Å². The number of H-pyrrole nitrogens is 1. The van der Waals surface area contributed by atoms with Crippen LogP contribution in [-0.2, 0) is 4.74 Å². The number of para-hydroxylation sites is 1. The summed E-state index contributed by atoms with van der Waals surface area (Å²) in [6.45, 7) is 1.62. The Morgan fingerprint density at radius 2 is 2.19 bits per heavy atom. The normalized spacial score (nSPS) is 22.4. The molecule has 10 heteroatoms. The molecule has 1 aliphatic heterocycles. The van der Waals surface area contributed by atoms with E-state index in [0.29, 0.717) is 5.95 Å². The molecular weight excluding hydrogens is 352 g/mol. The van der Waals surface area contributed by atoms with Gasteiger partial charge >= 0.3 is 0 Å². The number of aliphatic hydroxyl groups is 2. The van der Waals surface area contributed by atoms with E-state index in [9.17, 15) is 15.0 Å². The van der Waals surface area contributed by atoms with Crippen molar-refractivity contribution in [3.05, 3.63) is 40.2 Å². The Kier molecular flexibility index (Phi) is 4.30. The van der Waals surface area contributed by atoms with E-state index in [1.165, 1.54) is 0 Å². The van der Waals surface area contributed by atoms with Crippen molar-refractivity contribution < 1.29 is 14.9 Å². The number of imidazole rings is 1. The number of nitrogens with one attached hydrogen (secondary N) is 2. The smallest absolute Gasteiger partial charge is 0.280 e. The molecule has 142 valence electrons. The number of nitrogens with zero attached hydrogens (tertiary/aromatic N) is 3. The maximum Gasteiger partial charge on any atom is 0.280 e. The van der Waals surface area contributed by atoms with Gasteiger partial charge in [0, 0.05) is 12.1 Å². The summed E-state index contributed by atoms with van der Waals surface area (Å²) >= 11 is 0. The van der Waals surface area contributed by atoms with E-state index in [4.69, 9.17) is 10.5 Å². The van der Waals surface area contributed by atoms with Gasteiger partial charge in [-0.25, -0.2) is 4.98 Å². The van der Waals surface area contributed by atoms with Crippen LogP contribution in [0.25, 0.3) is 11.2 Å². The van der Waals surface area contributed by atoms with Gasteiger partial charge in [0.1, 0.15) is 12.3 Å². The van der Waals surface area contributed by atoms with Gasteiger partial charge < -0.3 is 26.0 Å². The highest BCUT2D eigenvalue weighted by atomic mass is 16.5.